The van der Waals surface area contributed by atoms with E-state index in [2.05, 4.69) is 150 Å². The molecule has 0 saturated carbocycles. The number of hydrogen-bond acceptors (Lipinski definition) is 2. The lowest BCUT2D eigenvalue weighted by atomic mass is 9.89. The number of aromatic amines is 2. The number of H-pyrrole nitrogens is 2. The van der Waals surface area contributed by atoms with Crippen LogP contribution in [-0.2, 0) is 25.7 Å². The van der Waals surface area contributed by atoms with Crippen LogP contribution in [0.15, 0.2) is 129 Å². The molecule has 3 aliphatic rings. The van der Waals surface area contributed by atoms with E-state index >= 15 is 0 Å². The van der Waals surface area contributed by atoms with E-state index in [1.54, 1.807) is 0 Å². The molecule has 0 fully saturated rings. The third-order valence-corrected chi connectivity index (χ3v) is 12.3. The summed E-state index contributed by atoms with van der Waals surface area (Å²) in [7, 11) is 0. The first-order valence-electron chi connectivity index (χ1n) is 21.3. The van der Waals surface area contributed by atoms with Gasteiger partial charge in [-0.2, -0.15) is 0 Å². The Bertz CT molecular complexity index is 2520. The van der Waals surface area contributed by atoms with Crippen LogP contribution in [0.2, 0.25) is 0 Å². The Labute approximate surface area is 334 Å². The zero-order chi connectivity index (χ0) is 39.1. The molecular formula is C52H56N4. The van der Waals surface area contributed by atoms with Crippen molar-refractivity contribution in [3.63, 3.8) is 0 Å². The van der Waals surface area contributed by atoms with Crippen LogP contribution in [0.25, 0.3) is 22.4 Å². The van der Waals surface area contributed by atoms with E-state index in [0.717, 1.165) is 79.9 Å². The van der Waals surface area contributed by atoms with E-state index in [-0.39, 0.29) is 0 Å². The van der Waals surface area contributed by atoms with Gasteiger partial charge in [-0.1, -0.05) is 134 Å². The Kier molecular flexibility index (Phi) is 10.4. The van der Waals surface area contributed by atoms with Crippen LogP contribution in [0.3, 0.4) is 0 Å². The fourth-order valence-electron chi connectivity index (χ4n) is 9.87. The van der Waals surface area contributed by atoms with Gasteiger partial charge in [-0.3, -0.25) is 0 Å². The number of allylic oxidation sites excluding steroid dienone is 4. The standard InChI is InChI=1S/C52H56N4/c1-9-35-37(11-3)47-43(31-24-19-17-20-25-31)49-39(13-5)41(15-7)51(55-49)52-42(16-8)40(14-6)50(56-52)44(32-26-21-18-22-27-32)48-38(12-4)36(10-2)46(54-48)34-29-23-28-33(30-34)45(35)53-47/h17-30,53,56H,9-16H2,1-8H3. The number of nitrogens with zero attached hydrogens (tertiary/aromatic N) is 2. The highest BCUT2D eigenvalue weighted by Gasteiger charge is 2.34. The summed E-state index contributed by atoms with van der Waals surface area (Å²) in [5.41, 5.74) is 27.1. The molecule has 10 bridgehead atoms. The molecule has 0 amide bonds. The van der Waals surface area contributed by atoms with Gasteiger partial charge < -0.3 is 9.97 Å². The van der Waals surface area contributed by atoms with Gasteiger partial charge in [0.05, 0.1) is 39.9 Å². The molecule has 0 spiro atoms. The topological polar surface area (TPSA) is 56.3 Å². The number of benzene rings is 3. The SMILES string of the molecule is CCC1=C(CC)C2=C(c3ccccc3)c3[nH]c(c(CC)c3CC)C3=NC(=C(c4ccccc4)c4[nH]c(c(CC)c4CC)-c4cccc(c4)C1=N2)C(CC)=C3CC. The molecule has 4 heteroatoms. The van der Waals surface area contributed by atoms with Gasteiger partial charge in [0.15, 0.2) is 0 Å². The van der Waals surface area contributed by atoms with Gasteiger partial charge in [-0.25, -0.2) is 9.98 Å². The van der Waals surface area contributed by atoms with E-state index in [9.17, 15) is 0 Å². The fraction of sp³-hybridized carbons (Fsp3) is 0.308. The molecule has 8 rings (SSSR count). The molecule has 2 N–H and O–H groups in total. The Morgan fingerprint density at radius 3 is 1.23 bits per heavy atom. The van der Waals surface area contributed by atoms with Crippen LogP contribution in [0, 0.1) is 0 Å². The van der Waals surface area contributed by atoms with Gasteiger partial charge in [0.25, 0.3) is 0 Å². The van der Waals surface area contributed by atoms with Gasteiger partial charge in [-0.15, -0.1) is 0 Å². The third kappa shape index (κ3) is 5.88. The lowest BCUT2D eigenvalue weighted by Crippen LogP contribution is -2.06. The highest BCUT2D eigenvalue weighted by molar-refractivity contribution is 6.19. The number of aliphatic imine (C=N–C) groups is 2. The second-order valence-corrected chi connectivity index (χ2v) is 15.1. The van der Waals surface area contributed by atoms with Crippen molar-refractivity contribution in [2.45, 2.75) is 107 Å². The second-order valence-electron chi connectivity index (χ2n) is 15.1. The molecule has 3 aliphatic heterocycles. The molecule has 284 valence electrons. The van der Waals surface area contributed by atoms with Crippen molar-refractivity contribution in [2.75, 3.05) is 0 Å². The summed E-state index contributed by atoms with van der Waals surface area (Å²) in [5, 5.41) is 0. The first-order chi connectivity index (χ1) is 27.5. The van der Waals surface area contributed by atoms with Crippen molar-refractivity contribution in [3.05, 3.63) is 175 Å². The summed E-state index contributed by atoms with van der Waals surface area (Å²) in [5.74, 6) is 0. The van der Waals surface area contributed by atoms with Crippen molar-refractivity contribution < 1.29 is 0 Å². The molecule has 0 aliphatic carbocycles. The second kappa shape index (κ2) is 15.6. The highest BCUT2D eigenvalue weighted by atomic mass is 14.9. The zero-order valence-electron chi connectivity index (χ0n) is 34.6. The molecule has 0 unspecified atom stereocenters. The zero-order valence-corrected chi connectivity index (χ0v) is 34.6. The van der Waals surface area contributed by atoms with Gasteiger partial charge in [-0.05, 0) is 119 Å². The van der Waals surface area contributed by atoms with Crippen LogP contribution in [0.5, 0.6) is 0 Å². The normalized spacial score (nSPS) is 15.3. The van der Waals surface area contributed by atoms with Crippen LogP contribution in [-0.4, -0.2) is 21.4 Å². The highest BCUT2D eigenvalue weighted by Crippen LogP contribution is 2.46. The molecule has 5 aromatic rings. The van der Waals surface area contributed by atoms with Crippen LogP contribution in [0.4, 0.5) is 0 Å². The molecule has 56 heavy (non-hydrogen) atoms. The Morgan fingerprint density at radius 2 is 0.750 bits per heavy atom. The van der Waals surface area contributed by atoms with Crippen molar-refractivity contribution in [1.82, 2.24) is 9.97 Å². The number of aromatic nitrogens is 2. The summed E-state index contributed by atoms with van der Waals surface area (Å²) in [6.45, 7) is 18.4. The summed E-state index contributed by atoms with van der Waals surface area (Å²) >= 11 is 0. The smallest absolute Gasteiger partial charge is 0.0910 e. The molecule has 0 radical (unpaired) electrons. The monoisotopic (exact) mass is 736 g/mol. The average molecular weight is 737 g/mol. The average Bonchev–Trinajstić information content (AvgIpc) is 4.01. The number of nitrogens with one attached hydrogen (secondary N) is 2. The van der Waals surface area contributed by atoms with Crippen LogP contribution in [0.1, 0.15) is 137 Å². The first kappa shape index (κ1) is 37.4. The van der Waals surface area contributed by atoms with Gasteiger partial charge in [0.2, 0.25) is 0 Å². The van der Waals surface area contributed by atoms with E-state index in [1.807, 2.05) is 0 Å². The minimum atomic E-state index is 0.899. The fourth-order valence-corrected chi connectivity index (χ4v) is 9.87. The predicted molar refractivity (Wildman–Crippen MR) is 238 cm³/mol. The summed E-state index contributed by atoms with van der Waals surface area (Å²) in [6, 6.07) is 31.1. The van der Waals surface area contributed by atoms with Crippen molar-refractivity contribution in [3.8, 4) is 11.3 Å². The Morgan fingerprint density at radius 1 is 0.357 bits per heavy atom. The Balaban J connectivity index is 1.60. The maximum Gasteiger partial charge on any atom is 0.0910 e. The number of fused-ring (bicyclic) bond motifs is 11. The molecule has 4 nitrogen and oxygen atoms in total. The summed E-state index contributed by atoms with van der Waals surface area (Å²) < 4.78 is 0. The third-order valence-electron chi connectivity index (χ3n) is 12.3. The van der Waals surface area contributed by atoms with Crippen molar-refractivity contribution in [2.24, 2.45) is 9.98 Å². The molecule has 0 saturated heterocycles. The first-order valence-corrected chi connectivity index (χ1v) is 21.3. The van der Waals surface area contributed by atoms with Crippen molar-refractivity contribution in [1.29, 1.82) is 0 Å². The largest absolute Gasteiger partial charge is 0.354 e. The minimum Gasteiger partial charge on any atom is -0.354 e. The van der Waals surface area contributed by atoms with Gasteiger partial charge in [0, 0.05) is 22.4 Å². The van der Waals surface area contributed by atoms with Crippen molar-refractivity contribution >= 4 is 22.6 Å². The molecule has 0 atom stereocenters. The van der Waals surface area contributed by atoms with Gasteiger partial charge >= 0.3 is 0 Å². The van der Waals surface area contributed by atoms with Crippen LogP contribution >= 0.6 is 0 Å². The lowest BCUT2D eigenvalue weighted by Gasteiger charge is -2.14. The Hall–Kier alpha value is -5.48. The van der Waals surface area contributed by atoms with Crippen LogP contribution < -0.4 is 0 Å². The number of rotatable bonds is 10. The van der Waals surface area contributed by atoms with Gasteiger partial charge in [0.1, 0.15) is 0 Å². The number of hydrogen-bond donors (Lipinski definition) is 2. The van der Waals surface area contributed by atoms with E-state index in [4.69, 9.17) is 9.98 Å². The summed E-state index contributed by atoms with van der Waals surface area (Å²) in [4.78, 5) is 19.8. The summed E-state index contributed by atoms with van der Waals surface area (Å²) in [6.07, 6.45) is 7.29. The molecular weight excluding hydrogens is 681 g/mol. The van der Waals surface area contributed by atoms with E-state index in [0.29, 0.717) is 0 Å². The quantitative estimate of drug-likeness (QED) is 0.143. The molecule has 3 aromatic carbocycles. The maximum absolute atomic E-state index is 5.84. The van der Waals surface area contributed by atoms with E-state index < -0.39 is 0 Å². The molecule has 2 aromatic heterocycles. The van der Waals surface area contributed by atoms with E-state index in [1.165, 1.54) is 95.0 Å². The molecule has 5 heterocycles. The maximum atomic E-state index is 5.84. The predicted octanol–water partition coefficient (Wildman–Crippen LogP) is 13.3. The lowest BCUT2D eigenvalue weighted by molar-refractivity contribution is 1.04. The minimum absolute atomic E-state index is 0.899.